The van der Waals surface area contributed by atoms with Crippen LogP contribution in [0.4, 0.5) is 0 Å². The molecule has 3 saturated heterocycles. The van der Waals surface area contributed by atoms with E-state index in [4.69, 9.17) is 54.1 Å². The van der Waals surface area contributed by atoms with Gasteiger partial charge in [-0.25, -0.2) is 0 Å². The van der Waals surface area contributed by atoms with E-state index in [-0.39, 0.29) is 20.6 Å². The second-order valence-electron chi connectivity index (χ2n) is 13.2. The minimum Gasteiger partial charge on any atom is -0.457 e. The SMILES string of the molecule is C.CC(=O)OC1[C@H](C)OC(C(N)=O)[C@@H](OC2CCCCO2)[C@H]1OCc1ccccc1.CC(=O)OC1[C@H](OC(C)=O)OC(C(N)=O)[C@@H](O)[C@H]1OCc1ccccc1. The molecule has 2 aromatic rings. The zero-order valence-electron chi connectivity index (χ0n) is 31.2. The summed E-state index contributed by atoms with van der Waals surface area (Å²) < 4.78 is 50.2. The van der Waals surface area contributed by atoms with Crippen LogP contribution in [-0.2, 0) is 79.8 Å². The second kappa shape index (κ2) is 22.3. The maximum Gasteiger partial charge on any atom is 0.305 e. The molecule has 5 rings (SSSR count). The lowest BCUT2D eigenvalue weighted by Gasteiger charge is -2.45. The van der Waals surface area contributed by atoms with Crippen molar-refractivity contribution in [3.8, 4) is 0 Å². The van der Waals surface area contributed by atoms with Gasteiger partial charge in [0, 0.05) is 27.4 Å². The van der Waals surface area contributed by atoms with E-state index in [1.807, 2.05) is 36.4 Å². The number of hydrogen-bond acceptors (Lipinski definition) is 15. The second-order valence-corrected chi connectivity index (χ2v) is 13.2. The highest BCUT2D eigenvalue weighted by atomic mass is 16.7. The molecule has 3 fully saturated rings. The van der Waals surface area contributed by atoms with E-state index in [1.54, 1.807) is 31.2 Å². The Morgan fingerprint density at radius 2 is 1.20 bits per heavy atom. The van der Waals surface area contributed by atoms with Crippen molar-refractivity contribution in [3.63, 3.8) is 0 Å². The molecule has 0 radical (unpaired) electrons. The lowest BCUT2D eigenvalue weighted by molar-refractivity contribution is -0.293. The molecule has 0 aliphatic carbocycles. The average Bonchev–Trinajstić information content (AvgIpc) is 3.14. The molecular formula is C39H54N2O15. The van der Waals surface area contributed by atoms with Gasteiger partial charge in [0.15, 0.2) is 30.7 Å². The first-order chi connectivity index (χ1) is 26.2. The number of nitrogens with two attached hydrogens (primary N) is 2. The van der Waals surface area contributed by atoms with E-state index >= 15 is 0 Å². The van der Waals surface area contributed by atoms with Crippen LogP contribution < -0.4 is 11.5 Å². The predicted molar refractivity (Wildman–Crippen MR) is 195 cm³/mol. The van der Waals surface area contributed by atoms with Gasteiger partial charge in [0.1, 0.15) is 24.4 Å². The summed E-state index contributed by atoms with van der Waals surface area (Å²) in [5.41, 5.74) is 12.6. The van der Waals surface area contributed by atoms with E-state index in [1.165, 1.54) is 6.92 Å². The summed E-state index contributed by atoms with van der Waals surface area (Å²) in [4.78, 5) is 58.2. The Morgan fingerprint density at radius 3 is 1.68 bits per heavy atom. The lowest BCUT2D eigenvalue weighted by atomic mass is 9.94. The monoisotopic (exact) mass is 790 g/mol. The van der Waals surface area contributed by atoms with Crippen LogP contribution in [0.3, 0.4) is 0 Å². The molecule has 5 unspecified atom stereocenters. The number of ether oxygens (including phenoxy) is 9. The summed E-state index contributed by atoms with van der Waals surface area (Å²) in [5.74, 6) is -3.53. The molecular weight excluding hydrogens is 736 g/mol. The van der Waals surface area contributed by atoms with Crippen LogP contribution in [0.25, 0.3) is 0 Å². The number of aliphatic hydroxyl groups excluding tert-OH is 1. The number of carbonyl (C=O) groups excluding carboxylic acids is 5. The largest absolute Gasteiger partial charge is 0.457 e. The molecule has 3 aliphatic heterocycles. The van der Waals surface area contributed by atoms with E-state index in [2.05, 4.69) is 0 Å². The van der Waals surface area contributed by atoms with Gasteiger partial charge in [-0.15, -0.1) is 0 Å². The number of benzene rings is 2. The van der Waals surface area contributed by atoms with Crippen molar-refractivity contribution in [1.82, 2.24) is 0 Å². The van der Waals surface area contributed by atoms with Crippen molar-refractivity contribution in [2.75, 3.05) is 6.61 Å². The van der Waals surface area contributed by atoms with Crippen LogP contribution in [0.5, 0.6) is 0 Å². The average molecular weight is 791 g/mol. The topological polar surface area (TPSA) is 241 Å². The summed E-state index contributed by atoms with van der Waals surface area (Å²) in [6.07, 6.45) is -8.80. The predicted octanol–water partition coefficient (Wildman–Crippen LogP) is 1.96. The first-order valence-electron chi connectivity index (χ1n) is 17.9. The Hall–Kier alpha value is -4.49. The Balaban J connectivity index is 0.000000297. The number of aliphatic hydroxyl groups is 1. The number of esters is 3. The van der Waals surface area contributed by atoms with Crippen molar-refractivity contribution in [3.05, 3.63) is 71.8 Å². The zero-order chi connectivity index (χ0) is 40.1. The van der Waals surface area contributed by atoms with Gasteiger partial charge < -0.3 is 59.2 Å². The normalized spacial score (nSPS) is 29.9. The fourth-order valence-corrected chi connectivity index (χ4v) is 6.29. The van der Waals surface area contributed by atoms with Crippen LogP contribution in [0.1, 0.15) is 65.5 Å². The quantitative estimate of drug-likeness (QED) is 0.194. The maximum absolute atomic E-state index is 12.1. The number of rotatable bonds is 13. The number of hydrogen-bond donors (Lipinski definition) is 3. The van der Waals surface area contributed by atoms with E-state index in [0.717, 1.165) is 37.8 Å². The minimum atomic E-state index is -1.52. The Morgan fingerprint density at radius 1 is 0.679 bits per heavy atom. The smallest absolute Gasteiger partial charge is 0.305 e. The van der Waals surface area contributed by atoms with E-state index in [9.17, 15) is 29.1 Å². The Labute approximate surface area is 326 Å². The third-order valence-electron chi connectivity index (χ3n) is 8.75. The molecule has 17 nitrogen and oxygen atoms in total. The zero-order valence-corrected chi connectivity index (χ0v) is 31.2. The van der Waals surface area contributed by atoms with Gasteiger partial charge in [-0.05, 0) is 37.3 Å². The number of primary amides is 2. The molecule has 5 N–H and O–H groups in total. The summed E-state index contributed by atoms with van der Waals surface area (Å²) in [7, 11) is 0. The van der Waals surface area contributed by atoms with Crippen molar-refractivity contribution in [1.29, 1.82) is 0 Å². The summed E-state index contributed by atoms with van der Waals surface area (Å²) in [5, 5.41) is 10.4. The molecule has 17 heteroatoms. The summed E-state index contributed by atoms with van der Waals surface area (Å²) in [6.45, 7) is 6.20. The van der Waals surface area contributed by atoms with Crippen LogP contribution in [-0.4, -0.2) is 109 Å². The van der Waals surface area contributed by atoms with Crippen molar-refractivity contribution in [2.24, 2.45) is 11.5 Å². The lowest BCUT2D eigenvalue weighted by Crippen LogP contribution is -2.63. The van der Waals surface area contributed by atoms with Gasteiger partial charge in [0.2, 0.25) is 18.1 Å². The molecule has 2 aromatic carbocycles. The van der Waals surface area contributed by atoms with Crippen molar-refractivity contribution < 1.29 is 71.7 Å². The highest BCUT2D eigenvalue weighted by Gasteiger charge is 2.52. The minimum absolute atomic E-state index is 0. The Kier molecular flexibility index (Phi) is 18.3. The number of carbonyl (C=O) groups is 5. The molecule has 0 spiro atoms. The highest BCUT2D eigenvalue weighted by Crippen LogP contribution is 2.32. The molecule has 0 bridgehead atoms. The van der Waals surface area contributed by atoms with E-state index < -0.39 is 97.2 Å². The highest BCUT2D eigenvalue weighted by molar-refractivity contribution is 5.80. The number of amides is 2. The van der Waals surface area contributed by atoms with Crippen LogP contribution in [0.15, 0.2) is 60.7 Å². The standard InChI is InChI=1S/C21H29NO7.C17H21NO8.CH4/c1-13-17(28-14(2)23)18(26-12-15-8-4-3-5-9-15)19(20(27-13)21(22)24)29-16-10-6-7-11-25-16;1-9(19)24-15-13(23-8-11-6-4-3-5-7-11)12(21)14(16(18)22)26-17(15)25-10(2)20;/h3-5,8-9,13,16-20H,6-7,10-12H2,1-2H3,(H2,22,24);3-7,12-15,17,21H,8H2,1-2H3,(H2,18,22);1H4/t13-,16?,17?,18-,19-,20?;12-,13+,14?,15?,17+;/m00./s1. The fraction of sp³-hybridized carbons (Fsp3) is 0.564. The van der Waals surface area contributed by atoms with Gasteiger partial charge in [-0.2, -0.15) is 0 Å². The summed E-state index contributed by atoms with van der Waals surface area (Å²) >= 11 is 0. The third kappa shape index (κ3) is 13.3. The molecule has 0 aromatic heterocycles. The summed E-state index contributed by atoms with van der Waals surface area (Å²) in [6, 6.07) is 18.6. The van der Waals surface area contributed by atoms with Crippen LogP contribution in [0, 0.1) is 0 Å². The third-order valence-corrected chi connectivity index (χ3v) is 8.75. The molecule has 3 heterocycles. The van der Waals surface area contributed by atoms with Gasteiger partial charge in [-0.3, -0.25) is 24.0 Å². The van der Waals surface area contributed by atoms with Crippen LogP contribution >= 0.6 is 0 Å². The van der Waals surface area contributed by atoms with E-state index in [0.29, 0.717) is 13.0 Å². The Bertz CT molecular complexity index is 1560. The van der Waals surface area contributed by atoms with Gasteiger partial charge >= 0.3 is 17.9 Å². The molecule has 56 heavy (non-hydrogen) atoms. The first-order valence-corrected chi connectivity index (χ1v) is 17.9. The molecule has 2 amide bonds. The van der Waals surface area contributed by atoms with Crippen molar-refractivity contribution >= 4 is 29.7 Å². The maximum atomic E-state index is 12.1. The molecule has 11 atom stereocenters. The van der Waals surface area contributed by atoms with Gasteiger partial charge in [-0.1, -0.05) is 68.1 Å². The van der Waals surface area contributed by atoms with Gasteiger partial charge in [0.25, 0.3) is 0 Å². The first kappa shape index (κ1) is 45.9. The molecule has 0 saturated carbocycles. The molecule has 3 aliphatic rings. The fourth-order valence-electron chi connectivity index (χ4n) is 6.29. The van der Waals surface area contributed by atoms with Gasteiger partial charge in [0.05, 0.1) is 19.3 Å². The van der Waals surface area contributed by atoms with Crippen LogP contribution in [0.2, 0.25) is 0 Å². The van der Waals surface area contributed by atoms with Crippen molar-refractivity contribution in [2.45, 2.75) is 135 Å². The molecule has 310 valence electrons.